The highest BCUT2D eigenvalue weighted by atomic mass is 32.2. The van der Waals surface area contributed by atoms with Gasteiger partial charge in [-0.3, -0.25) is 0 Å². The monoisotopic (exact) mass is 321 g/mol. The quantitative estimate of drug-likeness (QED) is 0.788. The van der Waals surface area contributed by atoms with E-state index in [0.29, 0.717) is 13.2 Å². The van der Waals surface area contributed by atoms with E-state index in [1.807, 2.05) is 13.8 Å². The van der Waals surface area contributed by atoms with Crippen molar-refractivity contribution >= 4 is 27.3 Å². The summed E-state index contributed by atoms with van der Waals surface area (Å²) in [7, 11) is -2.17. The fraction of sp³-hybridized carbons (Fsp3) is 0.583. The standard InChI is InChI=1S/C12H19NO5S2/c1-9(2)7-13(4-5-18-3)20(16,17)10-6-11(12(14)15)19-8-10/h6,8-9H,4-5,7H2,1-3H3,(H,14,15). The van der Waals surface area contributed by atoms with Crippen LogP contribution in [0.1, 0.15) is 23.5 Å². The summed E-state index contributed by atoms with van der Waals surface area (Å²) in [5.74, 6) is -0.956. The van der Waals surface area contributed by atoms with Crippen molar-refractivity contribution in [1.29, 1.82) is 0 Å². The lowest BCUT2D eigenvalue weighted by Gasteiger charge is -2.23. The predicted octanol–water partition coefficient (Wildman–Crippen LogP) is 1.74. The number of hydrogen-bond acceptors (Lipinski definition) is 5. The van der Waals surface area contributed by atoms with Gasteiger partial charge in [-0.15, -0.1) is 11.3 Å². The van der Waals surface area contributed by atoms with E-state index < -0.39 is 16.0 Å². The maximum atomic E-state index is 12.5. The lowest BCUT2D eigenvalue weighted by atomic mass is 10.2. The van der Waals surface area contributed by atoms with Crippen LogP contribution in [0.4, 0.5) is 0 Å². The van der Waals surface area contributed by atoms with E-state index in [-0.39, 0.29) is 22.2 Å². The average molecular weight is 321 g/mol. The summed E-state index contributed by atoms with van der Waals surface area (Å²) in [5.41, 5.74) is 0. The Hall–Kier alpha value is -0.960. The molecule has 0 bridgehead atoms. The van der Waals surface area contributed by atoms with Crippen molar-refractivity contribution in [3.05, 3.63) is 16.3 Å². The van der Waals surface area contributed by atoms with Gasteiger partial charge in [0.2, 0.25) is 10.0 Å². The number of sulfonamides is 1. The molecule has 0 saturated heterocycles. The van der Waals surface area contributed by atoms with Gasteiger partial charge in [0.25, 0.3) is 0 Å². The van der Waals surface area contributed by atoms with Gasteiger partial charge in [-0.05, 0) is 12.0 Å². The molecule has 0 saturated carbocycles. The van der Waals surface area contributed by atoms with Gasteiger partial charge in [0, 0.05) is 25.6 Å². The van der Waals surface area contributed by atoms with Crippen molar-refractivity contribution in [2.75, 3.05) is 26.8 Å². The topological polar surface area (TPSA) is 83.9 Å². The van der Waals surface area contributed by atoms with Crippen molar-refractivity contribution in [3.8, 4) is 0 Å². The molecule has 6 nitrogen and oxygen atoms in total. The summed E-state index contributed by atoms with van der Waals surface area (Å²) < 4.78 is 31.2. The second-order valence-corrected chi connectivity index (χ2v) is 7.55. The number of nitrogens with zero attached hydrogens (tertiary/aromatic N) is 1. The van der Waals surface area contributed by atoms with Crippen LogP contribution in [0.15, 0.2) is 16.3 Å². The lowest BCUT2D eigenvalue weighted by Crippen LogP contribution is -2.36. The normalized spacial score (nSPS) is 12.2. The van der Waals surface area contributed by atoms with Crippen LogP contribution in [-0.4, -0.2) is 50.6 Å². The van der Waals surface area contributed by atoms with Crippen molar-refractivity contribution in [3.63, 3.8) is 0 Å². The number of carboxylic acids is 1. The molecule has 1 aromatic rings. The molecule has 20 heavy (non-hydrogen) atoms. The van der Waals surface area contributed by atoms with E-state index in [2.05, 4.69) is 0 Å². The van der Waals surface area contributed by atoms with Gasteiger partial charge in [0.05, 0.1) is 11.5 Å². The third kappa shape index (κ3) is 4.27. The molecule has 114 valence electrons. The fourth-order valence-electron chi connectivity index (χ4n) is 1.63. The Morgan fingerprint density at radius 2 is 2.15 bits per heavy atom. The zero-order valence-corrected chi connectivity index (χ0v) is 13.3. The summed E-state index contributed by atoms with van der Waals surface area (Å²) in [4.78, 5) is 10.9. The Kier molecular flexibility index (Phi) is 6.12. The number of methoxy groups -OCH3 is 1. The molecule has 1 aromatic heterocycles. The molecular weight excluding hydrogens is 302 g/mol. The Bertz CT molecular complexity index is 550. The summed E-state index contributed by atoms with van der Waals surface area (Å²) in [6, 6.07) is 1.20. The molecule has 0 aromatic carbocycles. The first-order valence-corrected chi connectivity index (χ1v) is 8.42. The minimum Gasteiger partial charge on any atom is -0.477 e. The van der Waals surface area contributed by atoms with Gasteiger partial charge < -0.3 is 9.84 Å². The molecule has 1 rings (SSSR count). The minimum absolute atomic E-state index is 0.0137. The summed E-state index contributed by atoms with van der Waals surface area (Å²) in [6.45, 7) is 4.75. The zero-order valence-electron chi connectivity index (χ0n) is 11.7. The molecule has 8 heteroatoms. The second-order valence-electron chi connectivity index (χ2n) is 4.70. The van der Waals surface area contributed by atoms with Crippen LogP contribution >= 0.6 is 11.3 Å². The van der Waals surface area contributed by atoms with E-state index in [1.165, 1.54) is 22.9 Å². The van der Waals surface area contributed by atoms with Gasteiger partial charge in [0.1, 0.15) is 4.88 Å². The van der Waals surface area contributed by atoms with Crippen LogP contribution in [0.3, 0.4) is 0 Å². The summed E-state index contributed by atoms with van der Waals surface area (Å²) in [5, 5.41) is 10.2. The van der Waals surface area contributed by atoms with Gasteiger partial charge in [-0.25, -0.2) is 13.2 Å². The largest absolute Gasteiger partial charge is 0.477 e. The zero-order chi connectivity index (χ0) is 15.3. The van der Waals surface area contributed by atoms with Crippen LogP contribution in [0, 0.1) is 5.92 Å². The van der Waals surface area contributed by atoms with Crippen LogP contribution in [0.2, 0.25) is 0 Å². The molecular formula is C12H19NO5S2. The molecule has 1 N–H and O–H groups in total. The fourth-order valence-corrected chi connectivity index (χ4v) is 4.31. The maximum absolute atomic E-state index is 12.5. The van der Waals surface area contributed by atoms with Gasteiger partial charge >= 0.3 is 5.97 Å². The van der Waals surface area contributed by atoms with Gasteiger partial charge in [0.15, 0.2) is 0 Å². The number of thiophene rings is 1. The number of carboxylic acid groups (broad SMARTS) is 1. The number of hydrogen-bond donors (Lipinski definition) is 1. The summed E-state index contributed by atoms with van der Waals surface area (Å²) in [6.07, 6.45) is 0. The Morgan fingerprint density at radius 3 is 2.60 bits per heavy atom. The maximum Gasteiger partial charge on any atom is 0.345 e. The molecule has 0 fully saturated rings. The van der Waals surface area contributed by atoms with E-state index >= 15 is 0 Å². The Labute approximate surface area is 123 Å². The minimum atomic E-state index is -3.68. The van der Waals surface area contributed by atoms with Gasteiger partial charge in [-0.2, -0.15) is 4.31 Å². The highest BCUT2D eigenvalue weighted by Gasteiger charge is 2.26. The molecule has 0 aliphatic carbocycles. The second kappa shape index (κ2) is 7.16. The average Bonchev–Trinajstić information content (AvgIpc) is 2.84. The van der Waals surface area contributed by atoms with E-state index in [4.69, 9.17) is 9.84 Å². The molecule has 0 spiro atoms. The third-order valence-corrected chi connectivity index (χ3v) is 5.45. The Balaban J connectivity index is 3.04. The highest BCUT2D eigenvalue weighted by molar-refractivity contribution is 7.89. The number of aromatic carboxylic acids is 1. The van der Waals surface area contributed by atoms with Crippen molar-refractivity contribution < 1.29 is 23.1 Å². The number of carbonyl (C=O) groups is 1. The SMILES string of the molecule is COCCN(CC(C)C)S(=O)(=O)c1csc(C(=O)O)c1. The number of ether oxygens (including phenoxy) is 1. The first-order chi connectivity index (χ1) is 9.28. The van der Waals surface area contributed by atoms with Crippen molar-refractivity contribution in [1.82, 2.24) is 4.31 Å². The lowest BCUT2D eigenvalue weighted by molar-refractivity contribution is 0.0702. The smallest absolute Gasteiger partial charge is 0.345 e. The molecule has 0 amide bonds. The summed E-state index contributed by atoms with van der Waals surface area (Å²) >= 11 is 0.908. The van der Waals surface area contributed by atoms with Crippen LogP contribution in [0.25, 0.3) is 0 Å². The molecule has 0 atom stereocenters. The van der Waals surface area contributed by atoms with Crippen LogP contribution in [-0.2, 0) is 14.8 Å². The van der Waals surface area contributed by atoms with E-state index in [9.17, 15) is 13.2 Å². The molecule has 1 heterocycles. The highest BCUT2D eigenvalue weighted by Crippen LogP contribution is 2.23. The molecule has 0 aliphatic rings. The molecule has 0 unspecified atom stereocenters. The van der Waals surface area contributed by atoms with Crippen LogP contribution < -0.4 is 0 Å². The van der Waals surface area contributed by atoms with Crippen LogP contribution in [0.5, 0.6) is 0 Å². The molecule has 0 radical (unpaired) electrons. The predicted molar refractivity (Wildman–Crippen MR) is 76.8 cm³/mol. The Morgan fingerprint density at radius 1 is 1.50 bits per heavy atom. The van der Waals surface area contributed by atoms with Gasteiger partial charge in [-0.1, -0.05) is 13.8 Å². The van der Waals surface area contributed by atoms with Crippen molar-refractivity contribution in [2.45, 2.75) is 18.7 Å². The molecule has 0 aliphatic heterocycles. The first kappa shape index (κ1) is 17.1. The first-order valence-electron chi connectivity index (χ1n) is 6.10. The van der Waals surface area contributed by atoms with E-state index in [0.717, 1.165) is 11.3 Å². The van der Waals surface area contributed by atoms with Crippen molar-refractivity contribution in [2.24, 2.45) is 5.92 Å². The third-order valence-electron chi connectivity index (χ3n) is 2.54. The number of rotatable bonds is 8. The van der Waals surface area contributed by atoms with E-state index in [1.54, 1.807) is 0 Å².